The quantitative estimate of drug-likeness (QED) is 0.859. The number of benzene rings is 1. The first-order chi connectivity index (χ1) is 11.0. The number of hydrogen-bond donors (Lipinski definition) is 1. The zero-order chi connectivity index (χ0) is 16.4. The zero-order valence-corrected chi connectivity index (χ0v) is 14.4. The van der Waals surface area contributed by atoms with Gasteiger partial charge in [0.2, 0.25) is 5.91 Å². The van der Waals surface area contributed by atoms with Crippen LogP contribution in [0.2, 0.25) is 5.02 Å². The van der Waals surface area contributed by atoms with Gasteiger partial charge in [0, 0.05) is 35.5 Å². The molecule has 0 unspecified atom stereocenters. The Kier molecular flexibility index (Phi) is 4.63. The van der Waals surface area contributed by atoms with Crippen LogP contribution in [0.15, 0.2) is 41.1 Å². The first kappa shape index (κ1) is 16.0. The SMILES string of the molecule is O=C(Nc1cc(N2CCCC2=O)ccc1Cl)c1cncc(Br)c1. The van der Waals surface area contributed by atoms with E-state index in [1.165, 1.54) is 6.20 Å². The van der Waals surface area contributed by atoms with Crippen LogP contribution in [-0.2, 0) is 4.79 Å². The lowest BCUT2D eigenvalue weighted by Crippen LogP contribution is -2.23. The smallest absolute Gasteiger partial charge is 0.257 e. The molecule has 7 heteroatoms. The first-order valence-electron chi connectivity index (χ1n) is 7.06. The number of carbonyl (C=O) groups is 2. The van der Waals surface area contributed by atoms with Gasteiger partial charge in [-0.15, -0.1) is 0 Å². The largest absolute Gasteiger partial charge is 0.321 e. The number of hydrogen-bond acceptors (Lipinski definition) is 3. The topological polar surface area (TPSA) is 62.3 Å². The van der Waals surface area contributed by atoms with Gasteiger partial charge >= 0.3 is 0 Å². The second-order valence-electron chi connectivity index (χ2n) is 5.16. The molecule has 1 aromatic carbocycles. The third-order valence-corrected chi connectivity index (χ3v) is 4.31. The molecule has 0 spiro atoms. The van der Waals surface area contributed by atoms with E-state index in [0.717, 1.165) is 12.1 Å². The molecule has 2 amide bonds. The normalized spacial score (nSPS) is 14.2. The lowest BCUT2D eigenvalue weighted by atomic mass is 10.2. The van der Waals surface area contributed by atoms with Crippen molar-refractivity contribution < 1.29 is 9.59 Å². The summed E-state index contributed by atoms with van der Waals surface area (Å²) in [6.07, 6.45) is 4.46. The fraction of sp³-hybridized carbons (Fsp3) is 0.188. The first-order valence-corrected chi connectivity index (χ1v) is 8.23. The van der Waals surface area contributed by atoms with Crippen molar-refractivity contribution in [3.05, 3.63) is 51.7 Å². The fourth-order valence-electron chi connectivity index (χ4n) is 2.43. The Morgan fingerprint density at radius 2 is 2.13 bits per heavy atom. The van der Waals surface area contributed by atoms with Gasteiger partial charge in [0.1, 0.15) is 0 Å². The van der Waals surface area contributed by atoms with Crippen molar-refractivity contribution in [2.45, 2.75) is 12.8 Å². The predicted molar refractivity (Wildman–Crippen MR) is 92.9 cm³/mol. The van der Waals surface area contributed by atoms with Gasteiger partial charge in [0.15, 0.2) is 0 Å². The zero-order valence-electron chi connectivity index (χ0n) is 12.1. The van der Waals surface area contributed by atoms with Gasteiger partial charge in [-0.05, 0) is 46.6 Å². The Bertz CT molecular complexity index is 782. The van der Waals surface area contributed by atoms with Crippen LogP contribution in [0.1, 0.15) is 23.2 Å². The molecule has 1 saturated heterocycles. The van der Waals surface area contributed by atoms with Gasteiger partial charge in [-0.2, -0.15) is 0 Å². The summed E-state index contributed by atoms with van der Waals surface area (Å²) in [4.78, 5) is 29.8. The summed E-state index contributed by atoms with van der Waals surface area (Å²) >= 11 is 9.44. The maximum Gasteiger partial charge on any atom is 0.257 e. The molecular formula is C16H13BrClN3O2. The number of nitrogens with one attached hydrogen (secondary N) is 1. The van der Waals surface area contributed by atoms with E-state index in [1.807, 2.05) is 0 Å². The van der Waals surface area contributed by atoms with E-state index < -0.39 is 0 Å². The summed E-state index contributed by atoms with van der Waals surface area (Å²) in [5, 5.41) is 3.18. The number of amides is 2. The molecule has 1 aromatic heterocycles. The van der Waals surface area contributed by atoms with Crippen LogP contribution in [0.3, 0.4) is 0 Å². The number of anilines is 2. The van der Waals surface area contributed by atoms with Crippen LogP contribution in [0, 0.1) is 0 Å². The Morgan fingerprint density at radius 1 is 1.30 bits per heavy atom. The highest BCUT2D eigenvalue weighted by atomic mass is 79.9. The standard InChI is InChI=1S/C16H13BrClN3O2/c17-11-6-10(8-19-9-11)16(23)20-14-7-12(3-4-13(14)18)21-5-1-2-15(21)22/h3-4,6-9H,1-2,5H2,(H,20,23). The van der Waals surface area contributed by atoms with Crippen molar-refractivity contribution in [1.82, 2.24) is 4.98 Å². The van der Waals surface area contributed by atoms with E-state index in [4.69, 9.17) is 11.6 Å². The fourth-order valence-corrected chi connectivity index (χ4v) is 2.96. The van der Waals surface area contributed by atoms with E-state index >= 15 is 0 Å². The summed E-state index contributed by atoms with van der Waals surface area (Å²) in [6, 6.07) is 6.85. The van der Waals surface area contributed by atoms with Crippen LogP contribution in [0.5, 0.6) is 0 Å². The Balaban J connectivity index is 1.84. The van der Waals surface area contributed by atoms with E-state index in [1.54, 1.807) is 35.4 Å². The highest BCUT2D eigenvalue weighted by molar-refractivity contribution is 9.10. The van der Waals surface area contributed by atoms with Crippen molar-refractivity contribution in [2.24, 2.45) is 0 Å². The summed E-state index contributed by atoms with van der Waals surface area (Å²) in [7, 11) is 0. The van der Waals surface area contributed by atoms with Crippen LogP contribution in [0.4, 0.5) is 11.4 Å². The van der Waals surface area contributed by atoms with Crippen molar-refractivity contribution >= 4 is 50.7 Å². The van der Waals surface area contributed by atoms with Gasteiger partial charge in [-0.1, -0.05) is 11.6 Å². The van der Waals surface area contributed by atoms with Crippen LogP contribution in [-0.4, -0.2) is 23.3 Å². The van der Waals surface area contributed by atoms with Crippen LogP contribution >= 0.6 is 27.5 Å². The van der Waals surface area contributed by atoms with Gasteiger partial charge < -0.3 is 10.2 Å². The molecule has 0 aliphatic carbocycles. The summed E-state index contributed by atoms with van der Waals surface area (Å²) < 4.78 is 0.715. The molecule has 3 rings (SSSR count). The lowest BCUT2D eigenvalue weighted by Gasteiger charge is -2.17. The Morgan fingerprint density at radius 3 is 2.83 bits per heavy atom. The van der Waals surface area contributed by atoms with Crippen molar-refractivity contribution in [1.29, 1.82) is 0 Å². The number of rotatable bonds is 3. The molecule has 2 aromatic rings. The number of pyridine rings is 1. The summed E-state index contributed by atoms with van der Waals surface area (Å²) in [5.74, 6) is -0.230. The minimum absolute atomic E-state index is 0.0841. The second-order valence-corrected chi connectivity index (χ2v) is 6.48. The third kappa shape index (κ3) is 3.54. The highest BCUT2D eigenvalue weighted by Gasteiger charge is 2.22. The minimum Gasteiger partial charge on any atom is -0.321 e. The van der Waals surface area contributed by atoms with Crippen LogP contribution < -0.4 is 10.2 Å². The number of halogens is 2. The molecule has 1 fully saturated rings. The van der Waals surface area contributed by atoms with E-state index in [9.17, 15) is 9.59 Å². The van der Waals surface area contributed by atoms with E-state index in [2.05, 4.69) is 26.2 Å². The Hall–Kier alpha value is -1.92. The average molecular weight is 395 g/mol. The molecule has 0 bridgehead atoms. The maximum absolute atomic E-state index is 12.3. The van der Waals surface area contributed by atoms with Gasteiger partial charge in [0.05, 0.1) is 16.3 Å². The minimum atomic E-state index is -0.314. The van der Waals surface area contributed by atoms with Crippen LogP contribution in [0.25, 0.3) is 0 Å². The summed E-state index contributed by atoms with van der Waals surface area (Å²) in [6.45, 7) is 0.684. The number of nitrogens with zero attached hydrogens (tertiary/aromatic N) is 2. The van der Waals surface area contributed by atoms with Gasteiger partial charge in [-0.25, -0.2) is 0 Å². The number of carbonyl (C=O) groups excluding carboxylic acids is 2. The van der Waals surface area contributed by atoms with E-state index in [-0.39, 0.29) is 11.8 Å². The average Bonchev–Trinajstić information content (AvgIpc) is 2.95. The molecule has 2 heterocycles. The Labute approximate surface area is 146 Å². The van der Waals surface area contributed by atoms with Crippen molar-refractivity contribution in [3.63, 3.8) is 0 Å². The van der Waals surface area contributed by atoms with Crippen molar-refractivity contribution in [2.75, 3.05) is 16.8 Å². The van der Waals surface area contributed by atoms with Crippen molar-refractivity contribution in [3.8, 4) is 0 Å². The molecule has 118 valence electrons. The number of aromatic nitrogens is 1. The molecule has 1 aliphatic rings. The van der Waals surface area contributed by atoms with Gasteiger partial charge in [0.25, 0.3) is 5.91 Å². The molecule has 1 N–H and O–H groups in total. The van der Waals surface area contributed by atoms with E-state index in [0.29, 0.717) is 33.7 Å². The molecule has 23 heavy (non-hydrogen) atoms. The molecular weight excluding hydrogens is 382 g/mol. The maximum atomic E-state index is 12.3. The lowest BCUT2D eigenvalue weighted by molar-refractivity contribution is -0.117. The summed E-state index contributed by atoms with van der Waals surface area (Å²) in [5.41, 5.74) is 1.62. The monoisotopic (exact) mass is 393 g/mol. The second kappa shape index (κ2) is 6.68. The molecule has 5 nitrogen and oxygen atoms in total. The third-order valence-electron chi connectivity index (χ3n) is 3.55. The molecule has 0 saturated carbocycles. The highest BCUT2D eigenvalue weighted by Crippen LogP contribution is 2.30. The molecule has 1 aliphatic heterocycles. The molecule has 0 atom stereocenters. The van der Waals surface area contributed by atoms with Gasteiger partial charge in [-0.3, -0.25) is 14.6 Å². The predicted octanol–water partition coefficient (Wildman–Crippen LogP) is 3.88. The molecule has 0 radical (unpaired) electrons.